The first-order valence-corrected chi connectivity index (χ1v) is 6.80. The van der Waals surface area contributed by atoms with Gasteiger partial charge in [0.05, 0.1) is 18.7 Å². The minimum atomic E-state index is 0.541. The summed E-state index contributed by atoms with van der Waals surface area (Å²) in [5, 5.41) is 9.66. The van der Waals surface area contributed by atoms with E-state index < -0.39 is 0 Å². The maximum atomic E-state index is 8.85. The summed E-state index contributed by atoms with van der Waals surface area (Å²) in [6.07, 6.45) is 0. The molecule has 4 heteroatoms. The molecule has 0 bridgehead atoms. The van der Waals surface area contributed by atoms with Crippen LogP contribution in [0.3, 0.4) is 0 Å². The third-order valence-electron chi connectivity index (χ3n) is 2.60. The molecule has 2 rings (SSSR count). The number of methoxy groups -OCH3 is 1. The summed E-state index contributed by atoms with van der Waals surface area (Å²) in [5.41, 5.74) is 1.72. The number of ether oxygens (including phenoxy) is 2. The minimum absolute atomic E-state index is 0.541. The summed E-state index contributed by atoms with van der Waals surface area (Å²) in [4.78, 5) is 0. The average molecular weight is 318 g/mol. The van der Waals surface area contributed by atoms with Crippen molar-refractivity contribution in [3.05, 3.63) is 53.6 Å². The first kappa shape index (κ1) is 13.4. The summed E-state index contributed by atoms with van der Waals surface area (Å²) in [5.74, 6) is 1.87. The Morgan fingerprint density at radius 1 is 1.11 bits per heavy atom. The van der Waals surface area contributed by atoms with Gasteiger partial charge in [-0.25, -0.2) is 0 Å². The molecule has 0 atom stereocenters. The fourth-order valence-corrected chi connectivity index (χ4v) is 1.97. The lowest BCUT2D eigenvalue weighted by atomic mass is 10.2. The van der Waals surface area contributed by atoms with E-state index in [1.54, 1.807) is 25.3 Å². The van der Waals surface area contributed by atoms with Crippen LogP contribution in [0.4, 0.5) is 0 Å². The van der Waals surface area contributed by atoms with Gasteiger partial charge < -0.3 is 9.47 Å². The van der Waals surface area contributed by atoms with Crippen molar-refractivity contribution in [3.63, 3.8) is 0 Å². The van der Waals surface area contributed by atoms with Gasteiger partial charge in [-0.3, -0.25) is 0 Å². The number of nitrogens with zero attached hydrogens (tertiary/aromatic N) is 1. The second-order valence-corrected chi connectivity index (χ2v) is 4.42. The molecule has 3 nitrogen and oxygen atoms in total. The van der Waals surface area contributed by atoms with Crippen LogP contribution in [0.15, 0.2) is 42.5 Å². The van der Waals surface area contributed by atoms with Crippen molar-refractivity contribution >= 4 is 15.9 Å². The maximum absolute atomic E-state index is 8.85. The van der Waals surface area contributed by atoms with E-state index in [4.69, 9.17) is 14.7 Å². The molecule has 19 heavy (non-hydrogen) atoms. The second-order valence-electron chi connectivity index (χ2n) is 3.86. The van der Waals surface area contributed by atoms with Gasteiger partial charge in [0.25, 0.3) is 0 Å². The molecule has 0 aliphatic heterocycles. The van der Waals surface area contributed by atoms with Crippen LogP contribution in [-0.4, -0.2) is 7.11 Å². The van der Waals surface area contributed by atoms with E-state index in [-0.39, 0.29) is 0 Å². The lowest BCUT2D eigenvalue weighted by Crippen LogP contribution is -1.91. The zero-order chi connectivity index (χ0) is 13.7. The number of alkyl halides is 1. The van der Waals surface area contributed by atoms with Crippen LogP contribution in [-0.2, 0) is 5.33 Å². The summed E-state index contributed by atoms with van der Waals surface area (Å²) >= 11 is 3.40. The number of rotatable bonds is 4. The van der Waals surface area contributed by atoms with Crippen molar-refractivity contribution in [1.29, 1.82) is 5.26 Å². The van der Waals surface area contributed by atoms with E-state index in [1.807, 2.05) is 24.3 Å². The first-order valence-electron chi connectivity index (χ1n) is 5.67. The summed E-state index contributed by atoms with van der Waals surface area (Å²) in [6, 6.07) is 14.9. The Balaban J connectivity index is 2.24. The zero-order valence-electron chi connectivity index (χ0n) is 10.4. The summed E-state index contributed by atoms with van der Waals surface area (Å²) < 4.78 is 11.0. The van der Waals surface area contributed by atoms with E-state index in [9.17, 15) is 0 Å². The molecule has 0 saturated carbocycles. The molecule has 0 aliphatic rings. The predicted molar refractivity (Wildman–Crippen MR) is 76.9 cm³/mol. The Morgan fingerprint density at radius 3 is 2.42 bits per heavy atom. The lowest BCUT2D eigenvalue weighted by molar-refractivity contribution is 0.378. The number of nitriles is 1. The average Bonchev–Trinajstić information content (AvgIpc) is 2.48. The van der Waals surface area contributed by atoms with Gasteiger partial charge in [-0.15, -0.1) is 0 Å². The highest BCUT2D eigenvalue weighted by Crippen LogP contribution is 2.32. The minimum Gasteiger partial charge on any atom is -0.493 e. The summed E-state index contributed by atoms with van der Waals surface area (Å²) in [7, 11) is 1.55. The largest absolute Gasteiger partial charge is 0.493 e. The van der Waals surface area contributed by atoms with Crippen LogP contribution < -0.4 is 9.47 Å². The van der Waals surface area contributed by atoms with Gasteiger partial charge in [0.2, 0.25) is 0 Å². The number of hydrogen-bond donors (Lipinski definition) is 0. The fraction of sp³-hybridized carbons (Fsp3) is 0.133. The highest BCUT2D eigenvalue weighted by Gasteiger charge is 2.07. The van der Waals surface area contributed by atoms with Crippen molar-refractivity contribution in [2.45, 2.75) is 5.33 Å². The Kier molecular flexibility index (Phi) is 4.43. The van der Waals surface area contributed by atoms with Gasteiger partial charge in [0.1, 0.15) is 5.75 Å². The fourth-order valence-electron chi connectivity index (χ4n) is 1.60. The van der Waals surface area contributed by atoms with Crippen molar-refractivity contribution < 1.29 is 9.47 Å². The van der Waals surface area contributed by atoms with Gasteiger partial charge in [-0.2, -0.15) is 5.26 Å². The van der Waals surface area contributed by atoms with Crippen LogP contribution in [0.2, 0.25) is 0 Å². The molecular weight excluding hydrogens is 306 g/mol. The van der Waals surface area contributed by atoms with E-state index in [0.29, 0.717) is 17.1 Å². The van der Waals surface area contributed by atoms with Crippen LogP contribution >= 0.6 is 15.9 Å². The molecule has 96 valence electrons. The van der Waals surface area contributed by atoms with Crippen LogP contribution in [0.5, 0.6) is 17.2 Å². The smallest absolute Gasteiger partial charge is 0.169 e. The molecular formula is C15H12BrNO2. The molecule has 0 heterocycles. The second kappa shape index (κ2) is 6.26. The topological polar surface area (TPSA) is 42.2 Å². The standard InChI is InChI=1S/C15H12BrNO2/c1-18-15-8-12(10-17)4-7-14(15)19-13-5-2-11(9-16)3-6-13/h2-8H,9H2,1H3. The Hall–Kier alpha value is -1.99. The number of hydrogen-bond acceptors (Lipinski definition) is 3. The molecule has 0 aromatic heterocycles. The monoisotopic (exact) mass is 317 g/mol. The lowest BCUT2D eigenvalue weighted by Gasteiger charge is -2.10. The molecule has 0 saturated heterocycles. The molecule has 0 amide bonds. The Morgan fingerprint density at radius 2 is 1.84 bits per heavy atom. The van der Waals surface area contributed by atoms with Crippen molar-refractivity contribution in [2.75, 3.05) is 7.11 Å². The van der Waals surface area contributed by atoms with Gasteiger partial charge in [0.15, 0.2) is 11.5 Å². The van der Waals surface area contributed by atoms with Gasteiger partial charge in [0, 0.05) is 11.4 Å². The van der Waals surface area contributed by atoms with Crippen LogP contribution in [0.25, 0.3) is 0 Å². The highest BCUT2D eigenvalue weighted by atomic mass is 79.9. The van der Waals surface area contributed by atoms with Crippen molar-refractivity contribution in [1.82, 2.24) is 0 Å². The van der Waals surface area contributed by atoms with E-state index in [1.165, 1.54) is 5.56 Å². The molecule has 2 aromatic carbocycles. The van der Waals surface area contributed by atoms with E-state index >= 15 is 0 Å². The van der Waals surface area contributed by atoms with Crippen molar-refractivity contribution in [2.24, 2.45) is 0 Å². The third kappa shape index (κ3) is 3.27. The summed E-state index contributed by atoms with van der Waals surface area (Å²) in [6.45, 7) is 0. The van der Waals surface area contributed by atoms with Gasteiger partial charge in [-0.05, 0) is 29.8 Å². The van der Waals surface area contributed by atoms with Crippen molar-refractivity contribution in [3.8, 4) is 23.3 Å². The van der Waals surface area contributed by atoms with Gasteiger partial charge in [-0.1, -0.05) is 28.1 Å². The number of benzene rings is 2. The normalized spacial score (nSPS) is 9.74. The Labute approximate surface area is 120 Å². The molecule has 2 aromatic rings. The van der Waals surface area contributed by atoms with Crippen LogP contribution in [0.1, 0.15) is 11.1 Å². The quantitative estimate of drug-likeness (QED) is 0.791. The Bertz CT molecular complexity index is 603. The third-order valence-corrected chi connectivity index (χ3v) is 3.25. The molecule has 0 spiro atoms. The van der Waals surface area contributed by atoms with Crippen LogP contribution in [0, 0.1) is 11.3 Å². The number of halogens is 1. The molecule has 0 fully saturated rings. The predicted octanol–water partition coefficient (Wildman–Crippen LogP) is 4.25. The molecule has 0 unspecified atom stereocenters. The van der Waals surface area contributed by atoms with E-state index in [0.717, 1.165) is 11.1 Å². The maximum Gasteiger partial charge on any atom is 0.169 e. The molecule has 0 radical (unpaired) electrons. The highest BCUT2D eigenvalue weighted by molar-refractivity contribution is 9.08. The first-order chi connectivity index (χ1) is 9.26. The molecule has 0 N–H and O–H groups in total. The zero-order valence-corrected chi connectivity index (χ0v) is 12.0. The SMILES string of the molecule is COc1cc(C#N)ccc1Oc1ccc(CBr)cc1. The molecule has 0 aliphatic carbocycles. The van der Waals surface area contributed by atoms with E-state index in [2.05, 4.69) is 22.0 Å². The van der Waals surface area contributed by atoms with Gasteiger partial charge >= 0.3 is 0 Å².